The minimum atomic E-state index is -0.874. The summed E-state index contributed by atoms with van der Waals surface area (Å²) in [6.45, 7) is 6.89. The Morgan fingerprint density at radius 2 is 1.58 bits per heavy atom. The lowest BCUT2D eigenvalue weighted by Gasteiger charge is -2.30. The average Bonchev–Trinajstić information content (AvgIpc) is 2.34. The van der Waals surface area contributed by atoms with Gasteiger partial charge in [0.25, 0.3) is 0 Å². The Labute approximate surface area is 116 Å². The van der Waals surface area contributed by atoms with E-state index in [9.17, 15) is 9.59 Å². The number of amides is 2. The zero-order chi connectivity index (χ0) is 14.8. The van der Waals surface area contributed by atoms with Crippen LogP contribution in [0.3, 0.4) is 0 Å². The topological polar surface area (TPSA) is 64.1 Å². The summed E-state index contributed by atoms with van der Waals surface area (Å²) in [7, 11) is 3.94. The summed E-state index contributed by atoms with van der Waals surface area (Å²) in [4.78, 5) is 28.3. The Hall–Kier alpha value is -1.30. The predicted molar refractivity (Wildman–Crippen MR) is 75.3 cm³/mol. The Morgan fingerprint density at radius 1 is 0.947 bits per heavy atom. The second-order valence-electron chi connectivity index (χ2n) is 4.80. The molecule has 0 aromatic carbocycles. The minimum Gasteiger partial charge on any atom is -0.481 e. The highest BCUT2D eigenvalue weighted by Crippen LogP contribution is 2.02. The number of carboxylic acids is 1. The van der Waals surface area contributed by atoms with E-state index in [1.807, 2.05) is 32.8 Å². The lowest BCUT2D eigenvalue weighted by molar-refractivity contribution is -0.137. The molecule has 2 amide bonds. The van der Waals surface area contributed by atoms with Gasteiger partial charge in [-0.1, -0.05) is 6.92 Å². The van der Waals surface area contributed by atoms with Crippen LogP contribution < -0.4 is 0 Å². The van der Waals surface area contributed by atoms with Gasteiger partial charge in [0.15, 0.2) is 0 Å². The Bertz CT molecular complexity index is 282. The van der Waals surface area contributed by atoms with E-state index in [1.54, 1.807) is 9.80 Å². The van der Waals surface area contributed by atoms with Crippen LogP contribution in [0.25, 0.3) is 0 Å². The normalized spacial score (nSPS) is 10.6. The van der Waals surface area contributed by atoms with Crippen molar-refractivity contribution in [3.05, 3.63) is 0 Å². The molecule has 0 aliphatic heterocycles. The van der Waals surface area contributed by atoms with Gasteiger partial charge in [0.1, 0.15) is 0 Å². The van der Waals surface area contributed by atoms with E-state index < -0.39 is 5.97 Å². The second kappa shape index (κ2) is 9.61. The molecule has 0 saturated carbocycles. The molecule has 0 atom stereocenters. The van der Waals surface area contributed by atoms with Crippen molar-refractivity contribution in [2.24, 2.45) is 0 Å². The first-order chi connectivity index (χ1) is 8.92. The standard InChI is InChI=1S/C13H27N3O3/c1-5-8-16(11-10-14(3)4)13(19)15(6-2)9-7-12(17)18/h5-11H2,1-4H3,(H,17,18). The minimum absolute atomic E-state index is 0.00672. The lowest BCUT2D eigenvalue weighted by Crippen LogP contribution is -2.46. The molecule has 6 heteroatoms. The first-order valence-electron chi connectivity index (χ1n) is 6.82. The summed E-state index contributed by atoms with van der Waals surface area (Å²) in [5, 5.41) is 8.70. The van der Waals surface area contributed by atoms with Crippen molar-refractivity contribution in [3.8, 4) is 0 Å². The van der Waals surface area contributed by atoms with Crippen LogP contribution in [0.1, 0.15) is 26.7 Å². The number of nitrogens with zero attached hydrogens (tertiary/aromatic N) is 3. The van der Waals surface area contributed by atoms with Gasteiger partial charge in [-0.3, -0.25) is 4.79 Å². The van der Waals surface area contributed by atoms with E-state index in [0.29, 0.717) is 19.6 Å². The molecule has 0 rings (SSSR count). The zero-order valence-electron chi connectivity index (χ0n) is 12.6. The van der Waals surface area contributed by atoms with Crippen LogP contribution in [-0.2, 0) is 4.79 Å². The molecule has 0 radical (unpaired) electrons. The molecule has 1 N–H and O–H groups in total. The number of carbonyl (C=O) groups is 2. The summed E-state index contributed by atoms with van der Waals surface area (Å²) >= 11 is 0. The molecule has 6 nitrogen and oxygen atoms in total. The van der Waals surface area contributed by atoms with Crippen LogP contribution in [0.15, 0.2) is 0 Å². The highest BCUT2D eigenvalue weighted by atomic mass is 16.4. The molecule has 0 spiro atoms. The number of rotatable bonds is 9. The van der Waals surface area contributed by atoms with Gasteiger partial charge in [-0.15, -0.1) is 0 Å². The number of carboxylic acid groups (broad SMARTS) is 1. The predicted octanol–water partition coefficient (Wildman–Crippen LogP) is 1.18. The molecule has 0 aliphatic carbocycles. The highest BCUT2D eigenvalue weighted by Gasteiger charge is 2.19. The fourth-order valence-corrected chi connectivity index (χ4v) is 1.71. The summed E-state index contributed by atoms with van der Waals surface area (Å²) < 4.78 is 0. The molecule has 0 unspecified atom stereocenters. The van der Waals surface area contributed by atoms with Crippen molar-refractivity contribution in [3.63, 3.8) is 0 Å². The van der Waals surface area contributed by atoms with Crippen molar-refractivity contribution >= 4 is 12.0 Å². The van der Waals surface area contributed by atoms with Crippen LogP contribution in [0, 0.1) is 0 Å². The fraction of sp³-hybridized carbons (Fsp3) is 0.846. The van der Waals surface area contributed by atoms with Crippen LogP contribution >= 0.6 is 0 Å². The average molecular weight is 273 g/mol. The molecular formula is C13H27N3O3. The maximum atomic E-state index is 12.3. The van der Waals surface area contributed by atoms with Gasteiger partial charge in [0.05, 0.1) is 6.42 Å². The number of carbonyl (C=O) groups excluding carboxylic acids is 1. The lowest BCUT2D eigenvalue weighted by atomic mass is 10.3. The molecule has 0 bridgehead atoms. The van der Waals surface area contributed by atoms with E-state index >= 15 is 0 Å². The van der Waals surface area contributed by atoms with Crippen molar-refractivity contribution in [1.29, 1.82) is 0 Å². The molecule has 0 aromatic heterocycles. The van der Waals surface area contributed by atoms with Crippen molar-refractivity contribution in [2.75, 3.05) is 46.8 Å². The number of urea groups is 1. The molecule has 0 aliphatic rings. The fourth-order valence-electron chi connectivity index (χ4n) is 1.71. The molecule has 0 saturated heterocycles. The molecule has 19 heavy (non-hydrogen) atoms. The zero-order valence-corrected chi connectivity index (χ0v) is 12.6. The van der Waals surface area contributed by atoms with Gasteiger partial charge in [-0.2, -0.15) is 0 Å². The maximum absolute atomic E-state index is 12.3. The van der Waals surface area contributed by atoms with Gasteiger partial charge in [0, 0.05) is 32.7 Å². The molecule has 0 heterocycles. The quantitative estimate of drug-likeness (QED) is 0.685. The first-order valence-corrected chi connectivity index (χ1v) is 6.82. The van der Waals surface area contributed by atoms with Crippen molar-refractivity contribution in [2.45, 2.75) is 26.7 Å². The van der Waals surface area contributed by atoms with E-state index in [-0.39, 0.29) is 19.0 Å². The Kier molecular flexibility index (Phi) is 8.95. The van der Waals surface area contributed by atoms with Gasteiger partial charge < -0.3 is 19.8 Å². The Balaban J connectivity index is 4.50. The van der Waals surface area contributed by atoms with Crippen LogP contribution in [0.4, 0.5) is 4.79 Å². The number of hydrogen-bond acceptors (Lipinski definition) is 3. The van der Waals surface area contributed by atoms with E-state index in [2.05, 4.69) is 0 Å². The monoisotopic (exact) mass is 273 g/mol. The van der Waals surface area contributed by atoms with E-state index in [0.717, 1.165) is 13.0 Å². The second-order valence-corrected chi connectivity index (χ2v) is 4.80. The smallest absolute Gasteiger partial charge is 0.320 e. The van der Waals surface area contributed by atoms with Crippen molar-refractivity contribution in [1.82, 2.24) is 14.7 Å². The summed E-state index contributed by atoms with van der Waals surface area (Å²) in [6.07, 6.45) is 0.892. The third kappa shape index (κ3) is 7.66. The largest absolute Gasteiger partial charge is 0.481 e. The van der Waals surface area contributed by atoms with Crippen molar-refractivity contribution < 1.29 is 14.7 Å². The SMILES string of the molecule is CCCN(CCN(C)C)C(=O)N(CC)CCC(=O)O. The van der Waals surface area contributed by atoms with E-state index in [4.69, 9.17) is 5.11 Å². The first kappa shape index (κ1) is 17.7. The van der Waals surface area contributed by atoms with E-state index in [1.165, 1.54) is 0 Å². The molecule has 112 valence electrons. The number of hydrogen-bond donors (Lipinski definition) is 1. The number of aliphatic carboxylic acids is 1. The van der Waals surface area contributed by atoms with Gasteiger partial charge in [-0.25, -0.2) is 4.79 Å². The molecular weight excluding hydrogens is 246 g/mol. The van der Waals surface area contributed by atoms with Gasteiger partial charge >= 0.3 is 12.0 Å². The summed E-state index contributed by atoms with van der Waals surface area (Å²) in [6, 6.07) is -0.0625. The van der Waals surface area contributed by atoms with Gasteiger partial charge in [-0.05, 0) is 27.4 Å². The summed E-state index contributed by atoms with van der Waals surface area (Å²) in [5.74, 6) is -0.874. The Morgan fingerprint density at radius 3 is 2.00 bits per heavy atom. The van der Waals surface area contributed by atoms with Crippen LogP contribution in [0.2, 0.25) is 0 Å². The third-order valence-corrected chi connectivity index (χ3v) is 2.83. The third-order valence-electron chi connectivity index (χ3n) is 2.83. The molecule has 0 aromatic rings. The van der Waals surface area contributed by atoms with Gasteiger partial charge in [0.2, 0.25) is 0 Å². The number of likely N-dealkylation sites (N-methyl/N-ethyl adjacent to an activating group) is 1. The highest BCUT2D eigenvalue weighted by molar-refractivity contribution is 5.75. The summed E-state index contributed by atoms with van der Waals surface area (Å²) in [5.41, 5.74) is 0. The molecule has 0 fully saturated rings. The maximum Gasteiger partial charge on any atom is 0.320 e. The van der Waals surface area contributed by atoms with Crippen LogP contribution in [-0.4, -0.2) is 78.6 Å². The van der Waals surface area contributed by atoms with Crippen LogP contribution in [0.5, 0.6) is 0 Å².